The first-order valence-electron chi connectivity index (χ1n) is 6.43. The second kappa shape index (κ2) is 7.00. The van der Waals surface area contributed by atoms with Crippen LogP contribution in [0.4, 0.5) is 5.69 Å². The predicted octanol–water partition coefficient (Wildman–Crippen LogP) is 3.65. The highest BCUT2D eigenvalue weighted by Gasteiger charge is 2.20. The smallest absolute Gasteiger partial charge is 0.170 e. The van der Waals surface area contributed by atoms with Crippen LogP contribution in [0.1, 0.15) is 25.7 Å². The quantitative estimate of drug-likeness (QED) is 0.825. The van der Waals surface area contributed by atoms with Crippen molar-refractivity contribution in [3.63, 3.8) is 0 Å². The molecular weight excluding hydrogens is 260 g/mol. The summed E-state index contributed by atoms with van der Waals surface area (Å²) in [5.41, 5.74) is 1.05. The fourth-order valence-corrected chi connectivity index (χ4v) is 3.35. The van der Waals surface area contributed by atoms with Gasteiger partial charge in [0.25, 0.3) is 0 Å². The molecule has 0 bridgehead atoms. The van der Waals surface area contributed by atoms with Gasteiger partial charge >= 0.3 is 0 Å². The Balaban J connectivity index is 1.75. The molecule has 0 aromatic heterocycles. The van der Waals surface area contributed by atoms with Crippen LogP contribution in [-0.4, -0.2) is 22.7 Å². The van der Waals surface area contributed by atoms with Gasteiger partial charge in [-0.2, -0.15) is 11.8 Å². The van der Waals surface area contributed by atoms with Crippen molar-refractivity contribution in [3.8, 4) is 0 Å². The number of anilines is 1. The Kier molecular flexibility index (Phi) is 5.32. The maximum Gasteiger partial charge on any atom is 0.170 e. The molecule has 1 aliphatic carbocycles. The topological polar surface area (TPSA) is 24.1 Å². The van der Waals surface area contributed by atoms with Crippen molar-refractivity contribution in [2.24, 2.45) is 0 Å². The number of hydrogen-bond donors (Lipinski definition) is 2. The van der Waals surface area contributed by atoms with Gasteiger partial charge in [-0.05, 0) is 56.3 Å². The van der Waals surface area contributed by atoms with Crippen molar-refractivity contribution < 1.29 is 0 Å². The summed E-state index contributed by atoms with van der Waals surface area (Å²) < 4.78 is 0. The van der Waals surface area contributed by atoms with Crippen molar-refractivity contribution in [2.45, 2.75) is 37.0 Å². The van der Waals surface area contributed by atoms with E-state index in [9.17, 15) is 0 Å². The maximum atomic E-state index is 5.35. The molecule has 0 heterocycles. The highest BCUT2D eigenvalue weighted by atomic mass is 32.2. The average molecular weight is 280 g/mol. The van der Waals surface area contributed by atoms with Gasteiger partial charge in [0, 0.05) is 17.0 Å². The van der Waals surface area contributed by atoms with E-state index in [-0.39, 0.29) is 0 Å². The van der Waals surface area contributed by atoms with Gasteiger partial charge in [0.1, 0.15) is 0 Å². The molecule has 4 heteroatoms. The van der Waals surface area contributed by atoms with Crippen LogP contribution in [0.5, 0.6) is 0 Å². The van der Waals surface area contributed by atoms with Gasteiger partial charge in [-0.3, -0.25) is 0 Å². The predicted molar refractivity (Wildman–Crippen MR) is 85.4 cm³/mol. The van der Waals surface area contributed by atoms with Crippen LogP contribution in [-0.2, 0) is 0 Å². The lowest BCUT2D eigenvalue weighted by Gasteiger charge is -2.29. The first-order chi connectivity index (χ1) is 8.78. The minimum atomic E-state index is 0.539. The Labute approximate surface area is 119 Å². The highest BCUT2D eigenvalue weighted by molar-refractivity contribution is 7.99. The molecule has 18 heavy (non-hydrogen) atoms. The van der Waals surface area contributed by atoms with E-state index < -0.39 is 0 Å². The van der Waals surface area contributed by atoms with E-state index in [1.807, 2.05) is 42.1 Å². The van der Waals surface area contributed by atoms with Crippen LogP contribution < -0.4 is 10.6 Å². The van der Waals surface area contributed by atoms with E-state index in [0.29, 0.717) is 6.04 Å². The molecule has 0 aliphatic heterocycles. The molecule has 0 radical (unpaired) electrons. The molecule has 0 saturated heterocycles. The largest absolute Gasteiger partial charge is 0.360 e. The van der Waals surface area contributed by atoms with Gasteiger partial charge in [-0.1, -0.05) is 18.2 Å². The Morgan fingerprint density at radius 3 is 2.44 bits per heavy atom. The van der Waals surface area contributed by atoms with Gasteiger partial charge in [0.05, 0.1) is 0 Å². The lowest BCUT2D eigenvalue weighted by molar-refractivity contribution is 0.423. The van der Waals surface area contributed by atoms with Crippen LogP contribution in [0.25, 0.3) is 0 Å². The SMILES string of the molecule is CSC1CCC(NC(=S)Nc2ccccc2)CC1. The van der Waals surface area contributed by atoms with Crippen molar-refractivity contribution in [3.05, 3.63) is 30.3 Å². The number of hydrogen-bond acceptors (Lipinski definition) is 2. The van der Waals surface area contributed by atoms with E-state index in [1.165, 1.54) is 25.7 Å². The number of thioether (sulfide) groups is 1. The lowest BCUT2D eigenvalue weighted by atomic mass is 9.95. The fourth-order valence-electron chi connectivity index (χ4n) is 2.32. The standard InChI is InChI=1S/C14H20N2S2/c1-18-13-9-7-12(8-10-13)16-14(17)15-11-5-3-2-4-6-11/h2-6,12-13H,7-10H2,1H3,(H2,15,16,17). The van der Waals surface area contributed by atoms with E-state index in [2.05, 4.69) is 16.9 Å². The second-order valence-corrected chi connectivity index (χ2v) is 6.22. The maximum absolute atomic E-state index is 5.35. The number of rotatable bonds is 3. The number of benzene rings is 1. The van der Waals surface area contributed by atoms with Crippen LogP contribution in [0.15, 0.2) is 30.3 Å². The lowest BCUT2D eigenvalue weighted by Crippen LogP contribution is -2.40. The summed E-state index contributed by atoms with van der Waals surface area (Å²) in [6, 6.07) is 10.6. The zero-order valence-corrected chi connectivity index (χ0v) is 12.3. The zero-order valence-electron chi connectivity index (χ0n) is 10.7. The third-order valence-corrected chi connectivity index (χ3v) is 4.73. The van der Waals surface area contributed by atoms with Crippen LogP contribution >= 0.6 is 24.0 Å². The molecule has 98 valence electrons. The molecule has 0 atom stereocenters. The van der Waals surface area contributed by atoms with E-state index in [1.54, 1.807) is 0 Å². The number of nitrogens with one attached hydrogen (secondary N) is 2. The summed E-state index contributed by atoms with van der Waals surface area (Å²) in [4.78, 5) is 0. The van der Waals surface area contributed by atoms with E-state index >= 15 is 0 Å². The van der Waals surface area contributed by atoms with Gasteiger partial charge in [0.15, 0.2) is 5.11 Å². The molecule has 1 aliphatic rings. The summed E-state index contributed by atoms with van der Waals surface area (Å²) in [5.74, 6) is 0. The van der Waals surface area contributed by atoms with E-state index in [0.717, 1.165) is 16.0 Å². The molecule has 1 saturated carbocycles. The number of para-hydroxylation sites is 1. The fraction of sp³-hybridized carbons (Fsp3) is 0.500. The first kappa shape index (κ1) is 13.7. The molecular formula is C14H20N2S2. The second-order valence-electron chi connectivity index (χ2n) is 4.67. The first-order valence-corrected chi connectivity index (χ1v) is 8.13. The van der Waals surface area contributed by atoms with Crippen LogP contribution in [0.3, 0.4) is 0 Å². The summed E-state index contributed by atoms with van der Waals surface area (Å²) in [6.45, 7) is 0. The Bertz CT molecular complexity index is 373. The molecule has 1 aromatic rings. The minimum absolute atomic E-state index is 0.539. The molecule has 1 fully saturated rings. The Morgan fingerprint density at radius 1 is 1.17 bits per heavy atom. The van der Waals surface area contributed by atoms with Gasteiger partial charge in [-0.15, -0.1) is 0 Å². The summed E-state index contributed by atoms with van der Waals surface area (Å²) in [5, 5.41) is 8.24. The van der Waals surface area contributed by atoms with Crippen molar-refractivity contribution in [1.82, 2.24) is 5.32 Å². The zero-order chi connectivity index (χ0) is 12.8. The Morgan fingerprint density at radius 2 is 1.83 bits per heavy atom. The Hall–Kier alpha value is -0.740. The van der Waals surface area contributed by atoms with E-state index in [4.69, 9.17) is 12.2 Å². The highest BCUT2D eigenvalue weighted by Crippen LogP contribution is 2.26. The molecule has 2 nitrogen and oxygen atoms in total. The molecule has 2 N–H and O–H groups in total. The summed E-state index contributed by atoms with van der Waals surface area (Å²) in [6.07, 6.45) is 7.25. The molecule has 2 rings (SSSR count). The molecule has 0 amide bonds. The monoisotopic (exact) mass is 280 g/mol. The summed E-state index contributed by atoms with van der Waals surface area (Å²) >= 11 is 7.34. The van der Waals surface area contributed by atoms with Crippen LogP contribution in [0, 0.1) is 0 Å². The third kappa shape index (κ3) is 4.18. The third-order valence-electron chi connectivity index (χ3n) is 3.37. The van der Waals surface area contributed by atoms with Crippen molar-refractivity contribution in [2.75, 3.05) is 11.6 Å². The summed E-state index contributed by atoms with van der Waals surface area (Å²) in [7, 11) is 0. The average Bonchev–Trinajstić information content (AvgIpc) is 2.40. The van der Waals surface area contributed by atoms with Gasteiger partial charge in [-0.25, -0.2) is 0 Å². The van der Waals surface area contributed by atoms with Gasteiger partial charge in [0.2, 0.25) is 0 Å². The molecule has 0 unspecified atom stereocenters. The minimum Gasteiger partial charge on any atom is -0.360 e. The van der Waals surface area contributed by atoms with Crippen molar-refractivity contribution >= 4 is 34.8 Å². The molecule has 1 aromatic carbocycles. The number of thiocarbonyl (C=S) groups is 1. The molecule has 0 spiro atoms. The van der Waals surface area contributed by atoms with Gasteiger partial charge < -0.3 is 10.6 Å². The van der Waals surface area contributed by atoms with Crippen LogP contribution in [0.2, 0.25) is 0 Å². The normalized spacial score (nSPS) is 23.4. The van der Waals surface area contributed by atoms with Crippen molar-refractivity contribution in [1.29, 1.82) is 0 Å².